The van der Waals surface area contributed by atoms with Gasteiger partial charge in [0.1, 0.15) is 24.6 Å². The van der Waals surface area contributed by atoms with E-state index in [1.165, 1.54) is 10.5 Å². The second-order valence-electron chi connectivity index (χ2n) is 6.61. The van der Waals surface area contributed by atoms with Crippen LogP contribution in [-0.2, 0) is 19.5 Å². The molecule has 0 amide bonds. The third-order valence-corrected chi connectivity index (χ3v) is 4.89. The Hall–Kier alpha value is -2.79. The summed E-state index contributed by atoms with van der Waals surface area (Å²) >= 11 is 0. The van der Waals surface area contributed by atoms with Crippen molar-refractivity contribution in [3.05, 3.63) is 69.6 Å². The van der Waals surface area contributed by atoms with E-state index in [-0.39, 0.29) is 5.63 Å². The molecule has 1 aromatic heterocycles. The number of benzene rings is 2. The van der Waals surface area contributed by atoms with E-state index in [2.05, 4.69) is 6.07 Å². The lowest BCUT2D eigenvalue weighted by atomic mass is 10.0. The predicted octanol–water partition coefficient (Wildman–Crippen LogP) is 2.30. The average Bonchev–Trinajstić information content (AvgIpc) is 2.67. The molecular weight excluding hydrogens is 330 g/mol. The monoisotopic (exact) mass is 352 g/mol. The first-order valence-electron chi connectivity index (χ1n) is 8.86. The maximum atomic E-state index is 12.0. The lowest BCUT2D eigenvalue weighted by molar-refractivity contribution is -0.945. The number of hydrogen-bond donors (Lipinski definition) is 1. The van der Waals surface area contributed by atoms with Crippen molar-refractivity contribution in [2.45, 2.75) is 26.4 Å². The number of aryl methyl sites for hydroxylation is 1. The van der Waals surface area contributed by atoms with Crippen LogP contribution in [0.3, 0.4) is 0 Å². The van der Waals surface area contributed by atoms with E-state index < -0.39 is 0 Å². The van der Waals surface area contributed by atoms with Crippen molar-refractivity contribution in [3.8, 4) is 11.5 Å². The molecule has 4 rings (SSSR count). The number of ether oxygens (including phenoxy) is 2. The minimum atomic E-state index is -0.303. The molecule has 1 N–H and O–H groups in total. The lowest BCUT2D eigenvalue weighted by Gasteiger charge is -2.26. The van der Waals surface area contributed by atoms with Gasteiger partial charge in [-0.15, -0.1) is 0 Å². The van der Waals surface area contributed by atoms with E-state index in [4.69, 9.17) is 13.9 Å². The molecule has 0 spiro atoms. The molecule has 5 nitrogen and oxygen atoms in total. The second-order valence-corrected chi connectivity index (χ2v) is 6.61. The largest absolute Gasteiger partial charge is 0.497 e. The van der Waals surface area contributed by atoms with E-state index in [1.54, 1.807) is 13.2 Å². The second kappa shape index (κ2) is 6.84. The average molecular weight is 352 g/mol. The van der Waals surface area contributed by atoms with Gasteiger partial charge in [-0.1, -0.05) is 19.1 Å². The lowest BCUT2D eigenvalue weighted by Crippen LogP contribution is -3.10. The summed E-state index contributed by atoms with van der Waals surface area (Å²) in [5.74, 6) is 1.66. The van der Waals surface area contributed by atoms with Gasteiger partial charge in [0.15, 0.2) is 5.58 Å². The quantitative estimate of drug-likeness (QED) is 0.732. The highest BCUT2D eigenvalue weighted by atomic mass is 16.5. The number of methoxy groups -OCH3 is 1. The van der Waals surface area contributed by atoms with Gasteiger partial charge in [-0.2, -0.15) is 0 Å². The summed E-state index contributed by atoms with van der Waals surface area (Å²) in [4.78, 5) is 13.2. The normalized spacial score (nSPS) is 16.2. The van der Waals surface area contributed by atoms with Crippen LogP contribution in [0, 0.1) is 0 Å². The standard InChI is InChI=1S/C21H21NO4/c1-3-15-10-20(23)26-21-17(15)7-8-19-18(21)12-22(13-25-19)11-14-5-4-6-16(9-14)24-2/h4-10H,3,11-13H2,1-2H3/p+1. The first kappa shape index (κ1) is 16.7. The topological polar surface area (TPSA) is 53.1 Å². The molecule has 2 heterocycles. The maximum absolute atomic E-state index is 12.0. The van der Waals surface area contributed by atoms with Crippen LogP contribution in [0.2, 0.25) is 0 Å². The smallest absolute Gasteiger partial charge is 0.336 e. The highest BCUT2D eigenvalue weighted by Crippen LogP contribution is 2.30. The molecule has 1 unspecified atom stereocenters. The van der Waals surface area contributed by atoms with Gasteiger partial charge in [0.2, 0.25) is 6.73 Å². The molecule has 5 heteroatoms. The fourth-order valence-electron chi connectivity index (χ4n) is 3.59. The van der Waals surface area contributed by atoms with Crippen molar-refractivity contribution in [3.63, 3.8) is 0 Å². The molecule has 1 aliphatic heterocycles. The van der Waals surface area contributed by atoms with Crippen molar-refractivity contribution >= 4 is 11.0 Å². The van der Waals surface area contributed by atoms with Crippen LogP contribution in [0.25, 0.3) is 11.0 Å². The third-order valence-electron chi connectivity index (χ3n) is 4.89. The van der Waals surface area contributed by atoms with Crippen LogP contribution in [-0.4, -0.2) is 13.8 Å². The van der Waals surface area contributed by atoms with E-state index >= 15 is 0 Å². The summed E-state index contributed by atoms with van der Waals surface area (Å²) in [6.07, 6.45) is 0.794. The molecule has 134 valence electrons. The molecule has 26 heavy (non-hydrogen) atoms. The van der Waals surface area contributed by atoms with Crippen LogP contribution in [0.15, 0.2) is 51.7 Å². The summed E-state index contributed by atoms with van der Waals surface area (Å²) in [6, 6.07) is 13.6. The van der Waals surface area contributed by atoms with Gasteiger partial charge in [-0.25, -0.2) is 4.79 Å². The Morgan fingerprint density at radius 2 is 2.08 bits per heavy atom. The molecule has 1 aliphatic rings. The summed E-state index contributed by atoms with van der Waals surface area (Å²) in [5, 5.41) is 0.997. The number of rotatable bonds is 4. The van der Waals surface area contributed by atoms with E-state index in [0.717, 1.165) is 47.5 Å². The Kier molecular flexibility index (Phi) is 4.39. The molecule has 1 atom stereocenters. The molecule has 0 saturated carbocycles. The molecular formula is C21H22NO4+. The molecule has 0 radical (unpaired) electrons. The highest BCUT2D eigenvalue weighted by molar-refractivity contribution is 5.85. The third kappa shape index (κ3) is 3.06. The molecule has 3 aromatic rings. The van der Waals surface area contributed by atoms with Crippen LogP contribution in [0.4, 0.5) is 0 Å². The van der Waals surface area contributed by atoms with Crippen molar-refractivity contribution in [2.24, 2.45) is 0 Å². The minimum Gasteiger partial charge on any atom is -0.497 e. The molecule has 0 saturated heterocycles. The fraction of sp³-hybridized carbons (Fsp3) is 0.286. The van der Waals surface area contributed by atoms with Crippen molar-refractivity contribution in [2.75, 3.05) is 13.8 Å². The number of nitrogens with one attached hydrogen (secondary N) is 1. The van der Waals surface area contributed by atoms with E-state index in [1.807, 2.05) is 37.3 Å². The van der Waals surface area contributed by atoms with E-state index in [0.29, 0.717) is 12.3 Å². The Morgan fingerprint density at radius 1 is 1.19 bits per heavy atom. The van der Waals surface area contributed by atoms with Crippen LogP contribution in [0.1, 0.15) is 23.6 Å². The number of quaternary nitrogens is 1. The van der Waals surface area contributed by atoms with Crippen LogP contribution in [0.5, 0.6) is 11.5 Å². The molecule has 2 aromatic carbocycles. The van der Waals surface area contributed by atoms with Gasteiger partial charge < -0.3 is 13.9 Å². The Labute approximate surface area is 151 Å². The fourth-order valence-corrected chi connectivity index (χ4v) is 3.59. The predicted molar refractivity (Wildman–Crippen MR) is 98.7 cm³/mol. The zero-order valence-electron chi connectivity index (χ0n) is 15.0. The summed E-state index contributed by atoms with van der Waals surface area (Å²) < 4.78 is 16.8. The van der Waals surface area contributed by atoms with Gasteiger partial charge in [-0.3, -0.25) is 4.90 Å². The molecule has 0 fully saturated rings. The number of fused-ring (bicyclic) bond motifs is 3. The van der Waals surface area contributed by atoms with Gasteiger partial charge in [-0.05, 0) is 36.2 Å². The maximum Gasteiger partial charge on any atom is 0.336 e. The zero-order chi connectivity index (χ0) is 18.1. The highest BCUT2D eigenvalue weighted by Gasteiger charge is 2.25. The minimum absolute atomic E-state index is 0.303. The summed E-state index contributed by atoms with van der Waals surface area (Å²) in [7, 11) is 1.67. The van der Waals surface area contributed by atoms with Crippen LogP contribution >= 0.6 is 0 Å². The number of hydrogen-bond acceptors (Lipinski definition) is 4. The van der Waals surface area contributed by atoms with Crippen molar-refractivity contribution < 1.29 is 18.8 Å². The Morgan fingerprint density at radius 3 is 2.88 bits per heavy atom. The zero-order valence-corrected chi connectivity index (χ0v) is 15.0. The van der Waals surface area contributed by atoms with E-state index in [9.17, 15) is 4.79 Å². The van der Waals surface area contributed by atoms with Gasteiger partial charge in [0.05, 0.1) is 12.7 Å². The molecule has 0 bridgehead atoms. The van der Waals surface area contributed by atoms with Gasteiger partial charge in [0, 0.05) is 17.0 Å². The Bertz CT molecular complexity index is 1010. The van der Waals surface area contributed by atoms with Gasteiger partial charge >= 0.3 is 5.63 Å². The van der Waals surface area contributed by atoms with Crippen LogP contribution < -0.4 is 20.0 Å². The Balaban J connectivity index is 1.69. The SMILES string of the molecule is CCc1cc(=O)oc2c3c(ccc12)OC[NH+](Cc1cccc(OC)c1)C3. The van der Waals surface area contributed by atoms with Crippen molar-refractivity contribution in [1.82, 2.24) is 0 Å². The first-order chi connectivity index (χ1) is 12.7. The van der Waals surface area contributed by atoms with Crippen molar-refractivity contribution in [1.29, 1.82) is 0 Å². The summed E-state index contributed by atoms with van der Waals surface area (Å²) in [5.41, 5.74) is 3.53. The summed E-state index contributed by atoms with van der Waals surface area (Å²) in [6.45, 7) is 4.18. The van der Waals surface area contributed by atoms with Gasteiger partial charge in [0.25, 0.3) is 0 Å². The molecule has 0 aliphatic carbocycles. The first-order valence-corrected chi connectivity index (χ1v) is 8.86.